The van der Waals surface area contributed by atoms with E-state index >= 15 is 0 Å². The minimum atomic E-state index is -0.0649. The van der Waals surface area contributed by atoms with Crippen molar-refractivity contribution in [3.05, 3.63) is 40.9 Å². The lowest BCUT2D eigenvalue weighted by atomic mass is 10.1. The van der Waals surface area contributed by atoms with Gasteiger partial charge in [0.05, 0.1) is 0 Å². The minimum absolute atomic E-state index is 0.00915. The Bertz CT molecular complexity index is 366. The van der Waals surface area contributed by atoms with E-state index in [0.29, 0.717) is 17.0 Å². The molecule has 0 fully saturated rings. The molecule has 3 heteroatoms. The van der Waals surface area contributed by atoms with Crippen LogP contribution in [-0.2, 0) is 4.79 Å². The van der Waals surface area contributed by atoms with E-state index in [9.17, 15) is 9.90 Å². The maximum Gasteiger partial charge on any atom is 0.159 e. The highest BCUT2D eigenvalue weighted by atomic mass is 35.5. The van der Waals surface area contributed by atoms with Gasteiger partial charge >= 0.3 is 0 Å². The van der Waals surface area contributed by atoms with Crippen molar-refractivity contribution in [2.75, 3.05) is 0 Å². The van der Waals surface area contributed by atoms with Crippen molar-refractivity contribution in [3.63, 3.8) is 0 Å². The third-order valence-corrected chi connectivity index (χ3v) is 2.19. The molecular formula is C12H13ClO2. The summed E-state index contributed by atoms with van der Waals surface area (Å²) in [5.74, 6) is -0.0740. The smallest absolute Gasteiger partial charge is 0.159 e. The molecule has 0 spiro atoms. The molecule has 1 N–H and O–H groups in total. The molecular weight excluding hydrogens is 212 g/mol. The van der Waals surface area contributed by atoms with Crippen LogP contribution < -0.4 is 0 Å². The molecule has 0 heterocycles. The Morgan fingerprint density at radius 2 is 2.00 bits per heavy atom. The highest BCUT2D eigenvalue weighted by molar-refractivity contribution is 6.30. The Balaban J connectivity index is 2.79. The summed E-state index contributed by atoms with van der Waals surface area (Å²) in [5.41, 5.74) is 0.601. The van der Waals surface area contributed by atoms with Gasteiger partial charge in [-0.1, -0.05) is 18.5 Å². The van der Waals surface area contributed by atoms with E-state index in [1.54, 1.807) is 24.3 Å². The minimum Gasteiger partial charge on any atom is -0.507 e. The fourth-order valence-electron chi connectivity index (χ4n) is 1.18. The number of aliphatic hydroxyl groups excluding tert-OH is 1. The summed E-state index contributed by atoms with van der Waals surface area (Å²) in [6.45, 7) is 1.92. The van der Waals surface area contributed by atoms with Crippen molar-refractivity contribution in [1.82, 2.24) is 0 Å². The lowest BCUT2D eigenvalue weighted by Crippen LogP contribution is -1.93. The van der Waals surface area contributed by atoms with Gasteiger partial charge in [0.15, 0.2) is 5.78 Å². The Kier molecular flexibility index (Phi) is 4.37. The lowest BCUT2D eigenvalue weighted by Gasteiger charge is -1.99. The van der Waals surface area contributed by atoms with Crippen LogP contribution >= 0.6 is 11.6 Å². The molecule has 15 heavy (non-hydrogen) atoms. The van der Waals surface area contributed by atoms with Crippen molar-refractivity contribution in [3.8, 4) is 0 Å². The fourth-order valence-corrected chi connectivity index (χ4v) is 1.30. The van der Waals surface area contributed by atoms with Gasteiger partial charge in [-0.2, -0.15) is 0 Å². The normalized spacial score (nSPS) is 11.5. The van der Waals surface area contributed by atoms with Gasteiger partial charge in [-0.05, 0) is 30.7 Å². The van der Waals surface area contributed by atoms with Gasteiger partial charge < -0.3 is 5.11 Å². The first kappa shape index (κ1) is 11.8. The molecule has 0 aliphatic heterocycles. The Morgan fingerprint density at radius 1 is 1.40 bits per heavy atom. The van der Waals surface area contributed by atoms with E-state index in [4.69, 9.17) is 11.6 Å². The molecule has 0 saturated heterocycles. The van der Waals surface area contributed by atoms with Crippen LogP contribution in [0.25, 0.3) is 5.76 Å². The third kappa shape index (κ3) is 3.76. The average molecular weight is 225 g/mol. The summed E-state index contributed by atoms with van der Waals surface area (Å²) in [4.78, 5) is 11.2. The quantitative estimate of drug-likeness (QED) is 0.627. The number of carbonyl (C=O) groups is 1. The molecule has 0 amide bonds. The number of hydrogen-bond donors (Lipinski definition) is 1. The van der Waals surface area contributed by atoms with Crippen LogP contribution in [-0.4, -0.2) is 10.9 Å². The van der Waals surface area contributed by atoms with E-state index in [1.165, 1.54) is 6.08 Å². The van der Waals surface area contributed by atoms with Gasteiger partial charge in [-0.15, -0.1) is 0 Å². The first-order valence-electron chi connectivity index (χ1n) is 4.83. The second-order valence-corrected chi connectivity index (χ2v) is 3.69. The second kappa shape index (κ2) is 5.56. The van der Waals surface area contributed by atoms with Gasteiger partial charge in [0, 0.05) is 23.1 Å². The second-order valence-electron chi connectivity index (χ2n) is 3.25. The topological polar surface area (TPSA) is 37.3 Å². The summed E-state index contributed by atoms with van der Waals surface area (Å²) in [6.07, 6.45) is 2.49. The van der Waals surface area contributed by atoms with E-state index in [1.807, 2.05) is 6.92 Å². The van der Waals surface area contributed by atoms with Crippen LogP contribution in [0.4, 0.5) is 0 Å². The summed E-state index contributed by atoms with van der Waals surface area (Å²) in [7, 11) is 0. The van der Waals surface area contributed by atoms with Gasteiger partial charge in [0.1, 0.15) is 5.76 Å². The summed E-state index contributed by atoms with van der Waals surface area (Å²) in [5, 5.41) is 10.2. The molecule has 1 aromatic carbocycles. The van der Waals surface area contributed by atoms with E-state index in [2.05, 4.69) is 0 Å². The van der Waals surface area contributed by atoms with Crippen LogP contribution in [0.2, 0.25) is 5.02 Å². The lowest BCUT2D eigenvalue weighted by molar-refractivity contribution is -0.114. The molecule has 0 saturated carbocycles. The number of benzene rings is 1. The molecule has 0 aliphatic rings. The Morgan fingerprint density at radius 3 is 2.53 bits per heavy atom. The highest BCUT2D eigenvalue weighted by Gasteiger charge is 2.02. The molecule has 80 valence electrons. The fraction of sp³-hybridized carbons (Fsp3) is 0.250. The summed E-state index contributed by atoms with van der Waals surface area (Å²) >= 11 is 5.70. The van der Waals surface area contributed by atoms with Gasteiger partial charge in [0.2, 0.25) is 0 Å². The van der Waals surface area contributed by atoms with Crippen LogP contribution in [0.1, 0.15) is 25.3 Å². The zero-order valence-corrected chi connectivity index (χ0v) is 9.29. The van der Waals surface area contributed by atoms with Crippen molar-refractivity contribution in [1.29, 1.82) is 0 Å². The molecule has 0 aliphatic carbocycles. The third-order valence-electron chi connectivity index (χ3n) is 1.93. The SMILES string of the molecule is CCCC(=O)/C=C(\O)c1ccc(Cl)cc1. The zero-order chi connectivity index (χ0) is 11.3. The van der Waals surface area contributed by atoms with Crippen molar-refractivity contribution < 1.29 is 9.90 Å². The van der Waals surface area contributed by atoms with Crippen LogP contribution in [0.15, 0.2) is 30.3 Å². The molecule has 0 radical (unpaired) electrons. The number of rotatable bonds is 4. The molecule has 0 aromatic heterocycles. The largest absolute Gasteiger partial charge is 0.507 e. The predicted molar refractivity (Wildman–Crippen MR) is 62.0 cm³/mol. The van der Waals surface area contributed by atoms with E-state index < -0.39 is 0 Å². The van der Waals surface area contributed by atoms with Crippen LogP contribution in [0.5, 0.6) is 0 Å². The van der Waals surface area contributed by atoms with Gasteiger partial charge in [-0.3, -0.25) is 4.79 Å². The molecule has 0 unspecified atom stereocenters. The van der Waals surface area contributed by atoms with Gasteiger partial charge in [0.25, 0.3) is 0 Å². The van der Waals surface area contributed by atoms with E-state index in [-0.39, 0.29) is 11.5 Å². The number of allylic oxidation sites excluding steroid dienone is 1. The molecule has 0 atom stereocenters. The summed E-state index contributed by atoms with van der Waals surface area (Å²) < 4.78 is 0. The number of carbonyl (C=O) groups excluding carboxylic acids is 1. The first-order valence-corrected chi connectivity index (χ1v) is 5.20. The van der Waals surface area contributed by atoms with E-state index in [0.717, 1.165) is 6.42 Å². The Hall–Kier alpha value is -1.28. The Labute approximate surface area is 94.2 Å². The maximum absolute atomic E-state index is 11.2. The van der Waals surface area contributed by atoms with Crippen molar-refractivity contribution >= 4 is 23.1 Å². The van der Waals surface area contributed by atoms with Crippen molar-refractivity contribution in [2.24, 2.45) is 0 Å². The van der Waals surface area contributed by atoms with Gasteiger partial charge in [-0.25, -0.2) is 0 Å². The number of hydrogen-bond acceptors (Lipinski definition) is 2. The van der Waals surface area contributed by atoms with Crippen LogP contribution in [0.3, 0.4) is 0 Å². The molecule has 1 rings (SSSR count). The predicted octanol–water partition coefficient (Wildman–Crippen LogP) is 3.61. The maximum atomic E-state index is 11.2. The zero-order valence-electron chi connectivity index (χ0n) is 8.53. The first-order chi connectivity index (χ1) is 7.13. The number of aliphatic hydroxyl groups is 1. The standard InChI is InChI=1S/C12H13ClO2/c1-2-3-11(14)8-12(15)9-4-6-10(13)7-5-9/h4-8,15H,2-3H2,1H3/b12-8-. The molecule has 0 bridgehead atoms. The number of ketones is 1. The highest BCUT2D eigenvalue weighted by Crippen LogP contribution is 2.15. The summed E-state index contributed by atoms with van der Waals surface area (Å²) in [6, 6.07) is 6.69. The molecule has 1 aromatic rings. The molecule has 2 nitrogen and oxygen atoms in total. The average Bonchev–Trinajstić information content (AvgIpc) is 2.18. The number of halogens is 1. The van der Waals surface area contributed by atoms with Crippen molar-refractivity contribution in [2.45, 2.75) is 19.8 Å². The van der Waals surface area contributed by atoms with Crippen LogP contribution in [0, 0.1) is 0 Å². The monoisotopic (exact) mass is 224 g/mol.